The number of aliphatic hydroxyl groups is 1. The summed E-state index contributed by atoms with van der Waals surface area (Å²) in [6.45, 7) is 1.47. The van der Waals surface area contributed by atoms with Crippen LogP contribution in [0.2, 0.25) is 0 Å². The molecule has 2 aliphatic rings. The number of aromatic amines is 1. The highest BCUT2D eigenvalue weighted by atomic mass is 16.3. The summed E-state index contributed by atoms with van der Waals surface area (Å²) in [6, 6.07) is 0.159. The number of nitrogens with one attached hydrogen (secondary N) is 2. The number of H-pyrrole nitrogens is 1. The Balaban J connectivity index is 1.53. The van der Waals surface area contributed by atoms with Crippen LogP contribution in [0.5, 0.6) is 0 Å². The molecule has 2 fully saturated rings. The van der Waals surface area contributed by atoms with E-state index in [0.29, 0.717) is 12.2 Å². The molecule has 6 heteroatoms. The molecule has 1 aliphatic carbocycles. The Bertz CT molecular complexity index is 416. The molecule has 3 N–H and O–H groups in total. The van der Waals surface area contributed by atoms with Gasteiger partial charge >= 0.3 is 0 Å². The smallest absolute Gasteiger partial charge is 0.223 e. The summed E-state index contributed by atoms with van der Waals surface area (Å²) in [5.41, 5.74) is 0.629. The van der Waals surface area contributed by atoms with E-state index in [4.69, 9.17) is 0 Å². The topological polar surface area (TPSA) is 81.3 Å². The van der Waals surface area contributed by atoms with Gasteiger partial charge in [0.05, 0.1) is 6.33 Å². The number of amides is 1. The van der Waals surface area contributed by atoms with Gasteiger partial charge < -0.3 is 15.4 Å². The van der Waals surface area contributed by atoms with Crippen molar-refractivity contribution in [2.75, 3.05) is 13.1 Å². The summed E-state index contributed by atoms with van der Waals surface area (Å²) in [5, 5.41) is 13.2. The first-order valence-electron chi connectivity index (χ1n) is 6.45. The van der Waals surface area contributed by atoms with Gasteiger partial charge in [-0.15, -0.1) is 0 Å². The van der Waals surface area contributed by atoms with Crippen molar-refractivity contribution in [1.29, 1.82) is 0 Å². The minimum atomic E-state index is -0.681. The van der Waals surface area contributed by atoms with E-state index < -0.39 is 6.23 Å². The first-order chi connectivity index (χ1) is 8.74. The van der Waals surface area contributed by atoms with Crippen molar-refractivity contribution in [2.45, 2.75) is 31.5 Å². The van der Waals surface area contributed by atoms with Gasteiger partial charge in [-0.1, -0.05) is 0 Å². The monoisotopic (exact) mass is 250 g/mol. The van der Waals surface area contributed by atoms with E-state index in [1.807, 2.05) is 4.90 Å². The number of hydrogen-bond acceptors (Lipinski definition) is 4. The molecule has 2 unspecified atom stereocenters. The average Bonchev–Trinajstić information content (AvgIpc) is 2.90. The molecule has 1 saturated heterocycles. The molecule has 0 bridgehead atoms. The van der Waals surface area contributed by atoms with Crippen molar-refractivity contribution in [3.8, 4) is 0 Å². The highest BCUT2D eigenvalue weighted by Crippen LogP contribution is 2.29. The summed E-state index contributed by atoms with van der Waals surface area (Å²) in [6.07, 6.45) is 5.51. The predicted molar refractivity (Wildman–Crippen MR) is 64.4 cm³/mol. The van der Waals surface area contributed by atoms with Crippen LogP contribution in [0.4, 0.5) is 0 Å². The number of rotatable bonds is 4. The van der Waals surface area contributed by atoms with Gasteiger partial charge in [-0.05, 0) is 19.3 Å². The molecule has 1 saturated carbocycles. The SMILES string of the molecule is O=C(NC1CCN(C(O)c2c[nH]cn2)C1)C1CC1. The van der Waals surface area contributed by atoms with Gasteiger partial charge in [-0.25, -0.2) is 4.98 Å². The van der Waals surface area contributed by atoms with E-state index in [-0.39, 0.29) is 17.9 Å². The lowest BCUT2D eigenvalue weighted by atomic mass is 10.2. The van der Waals surface area contributed by atoms with Crippen LogP contribution in [0.3, 0.4) is 0 Å². The molecule has 3 rings (SSSR count). The number of likely N-dealkylation sites (tertiary alicyclic amines) is 1. The third-order valence-corrected chi connectivity index (χ3v) is 3.64. The molecule has 0 radical (unpaired) electrons. The normalized spacial score (nSPS) is 26.2. The quantitative estimate of drug-likeness (QED) is 0.702. The molecular weight excluding hydrogens is 232 g/mol. The summed E-state index contributed by atoms with van der Waals surface area (Å²) >= 11 is 0. The Labute approximate surface area is 105 Å². The molecule has 2 atom stereocenters. The number of hydrogen-bond donors (Lipinski definition) is 3. The van der Waals surface area contributed by atoms with E-state index in [9.17, 15) is 9.90 Å². The summed E-state index contributed by atoms with van der Waals surface area (Å²) < 4.78 is 0. The minimum Gasteiger partial charge on any atom is -0.372 e. The zero-order valence-electron chi connectivity index (χ0n) is 10.2. The Morgan fingerprint density at radius 3 is 3.06 bits per heavy atom. The van der Waals surface area contributed by atoms with E-state index in [0.717, 1.165) is 25.8 Å². The number of carbonyl (C=O) groups excluding carboxylic acids is 1. The van der Waals surface area contributed by atoms with Crippen molar-refractivity contribution in [3.05, 3.63) is 18.2 Å². The van der Waals surface area contributed by atoms with Crippen LogP contribution in [-0.4, -0.2) is 45.0 Å². The Morgan fingerprint density at radius 2 is 2.39 bits per heavy atom. The fraction of sp³-hybridized carbons (Fsp3) is 0.667. The lowest BCUT2D eigenvalue weighted by Gasteiger charge is -2.21. The molecular formula is C12H18N4O2. The Kier molecular flexibility index (Phi) is 3.05. The van der Waals surface area contributed by atoms with Crippen LogP contribution in [-0.2, 0) is 4.79 Å². The predicted octanol–water partition coefficient (Wildman–Crippen LogP) is 0.00110. The van der Waals surface area contributed by atoms with Crippen LogP contribution < -0.4 is 5.32 Å². The van der Waals surface area contributed by atoms with Crippen molar-refractivity contribution < 1.29 is 9.90 Å². The third-order valence-electron chi connectivity index (χ3n) is 3.64. The second kappa shape index (κ2) is 4.70. The largest absolute Gasteiger partial charge is 0.372 e. The first kappa shape index (κ1) is 11.7. The van der Waals surface area contributed by atoms with Gasteiger partial charge in [0.15, 0.2) is 6.23 Å². The maximum atomic E-state index is 11.7. The fourth-order valence-electron chi connectivity index (χ4n) is 2.39. The molecule has 0 aromatic carbocycles. The Morgan fingerprint density at radius 1 is 1.56 bits per heavy atom. The molecule has 6 nitrogen and oxygen atoms in total. The molecule has 1 aromatic rings. The van der Waals surface area contributed by atoms with E-state index in [1.54, 1.807) is 12.5 Å². The van der Waals surface area contributed by atoms with Gasteiger partial charge in [0.25, 0.3) is 0 Å². The molecule has 1 amide bonds. The highest BCUT2D eigenvalue weighted by molar-refractivity contribution is 5.81. The van der Waals surface area contributed by atoms with Gasteiger partial charge in [-0.2, -0.15) is 0 Å². The van der Waals surface area contributed by atoms with Gasteiger partial charge in [-0.3, -0.25) is 9.69 Å². The molecule has 98 valence electrons. The van der Waals surface area contributed by atoms with Crippen LogP contribution >= 0.6 is 0 Å². The highest BCUT2D eigenvalue weighted by Gasteiger charge is 2.34. The van der Waals surface area contributed by atoms with Crippen LogP contribution in [0.1, 0.15) is 31.2 Å². The van der Waals surface area contributed by atoms with E-state index >= 15 is 0 Å². The molecule has 1 aromatic heterocycles. The Hall–Kier alpha value is -1.40. The van der Waals surface area contributed by atoms with Crippen molar-refractivity contribution >= 4 is 5.91 Å². The lowest BCUT2D eigenvalue weighted by Crippen LogP contribution is -2.38. The molecule has 2 heterocycles. The van der Waals surface area contributed by atoms with Crippen LogP contribution in [0.15, 0.2) is 12.5 Å². The molecule has 0 spiro atoms. The van der Waals surface area contributed by atoms with Crippen molar-refractivity contribution in [3.63, 3.8) is 0 Å². The second-order valence-corrected chi connectivity index (χ2v) is 5.13. The van der Waals surface area contributed by atoms with Crippen LogP contribution in [0.25, 0.3) is 0 Å². The first-order valence-corrected chi connectivity index (χ1v) is 6.45. The van der Waals surface area contributed by atoms with Crippen molar-refractivity contribution in [2.24, 2.45) is 5.92 Å². The third kappa shape index (κ3) is 2.39. The number of imidazole rings is 1. The summed E-state index contributed by atoms with van der Waals surface area (Å²) in [4.78, 5) is 20.5. The summed E-state index contributed by atoms with van der Waals surface area (Å²) in [7, 11) is 0. The summed E-state index contributed by atoms with van der Waals surface area (Å²) in [5.74, 6) is 0.423. The number of aliphatic hydroxyl groups excluding tert-OH is 1. The zero-order valence-corrected chi connectivity index (χ0v) is 10.2. The van der Waals surface area contributed by atoms with Gasteiger partial charge in [0, 0.05) is 31.2 Å². The molecule has 1 aliphatic heterocycles. The maximum absolute atomic E-state index is 11.7. The standard InChI is InChI=1S/C12H18N4O2/c17-11(8-1-2-8)15-9-3-4-16(6-9)12(18)10-5-13-7-14-10/h5,7-9,12,18H,1-4,6H2,(H,13,14)(H,15,17). The fourth-order valence-corrected chi connectivity index (χ4v) is 2.39. The van der Waals surface area contributed by atoms with E-state index in [2.05, 4.69) is 15.3 Å². The number of carbonyl (C=O) groups is 1. The number of aromatic nitrogens is 2. The van der Waals surface area contributed by atoms with Gasteiger partial charge in [0.2, 0.25) is 5.91 Å². The lowest BCUT2D eigenvalue weighted by molar-refractivity contribution is -0.123. The van der Waals surface area contributed by atoms with Crippen molar-refractivity contribution in [1.82, 2.24) is 20.2 Å². The minimum absolute atomic E-state index is 0.159. The average molecular weight is 250 g/mol. The maximum Gasteiger partial charge on any atom is 0.223 e. The number of nitrogens with zero attached hydrogens (tertiary/aromatic N) is 2. The van der Waals surface area contributed by atoms with Crippen LogP contribution in [0, 0.1) is 5.92 Å². The molecule has 18 heavy (non-hydrogen) atoms. The van der Waals surface area contributed by atoms with Gasteiger partial charge in [0.1, 0.15) is 5.69 Å². The van der Waals surface area contributed by atoms with E-state index in [1.165, 1.54) is 0 Å². The zero-order chi connectivity index (χ0) is 12.5. The second-order valence-electron chi connectivity index (χ2n) is 5.13.